The van der Waals surface area contributed by atoms with E-state index in [4.69, 9.17) is 15.2 Å². The van der Waals surface area contributed by atoms with Gasteiger partial charge in [0.2, 0.25) is 11.8 Å². The maximum atomic E-state index is 14.0. The average molecular weight is 823 g/mol. The van der Waals surface area contributed by atoms with Gasteiger partial charge in [-0.3, -0.25) is 19.0 Å². The standard InChI is InChI=1S/C45H58N8O7/c1-27-19-28(2)37(34(54)20-27)45(3,4)22-36(55)52-33(43(58)48-18-17-29-11-14-32(59-5)15-12-29)16-13-31(24-47-23-30-9-7-6-8-10-30)21-35-39(56)40(57)44(60-35)53-26-51-38-41(46)49-25-50-42(38)53/h6-12,14-15,20,25-26,31,33,35,39-40,44,47,56-57H,13,16-19,21-24H2,1-5H3,(H,48,58)(H,52,55)(H2,46,49,50)/t31-,33-,35?,39?,40?,44?/m0/s1. The molecule has 1 saturated heterocycles. The van der Waals surface area contributed by atoms with Gasteiger partial charge in [-0.15, -0.1) is 0 Å². The Morgan fingerprint density at radius 2 is 1.77 bits per heavy atom. The number of aromatic nitrogens is 4. The van der Waals surface area contributed by atoms with Crippen molar-refractivity contribution in [3.8, 4) is 5.75 Å². The number of carbonyl (C=O) groups is 3. The molecule has 7 N–H and O–H groups in total. The van der Waals surface area contributed by atoms with E-state index in [1.54, 1.807) is 17.8 Å². The number of benzene rings is 2. The molecular formula is C45H58N8O7. The third-order valence-corrected chi connectivity index (χ3v) is 11.4. The van der Waals surface area contributed by atoms with E-state index in [0.29, 0.717) is 62.1 Å². The highest BCUT2D eigenvalue weighted by atomic mass is 16.6. The first kappa shape index (κ1) is 44.1. The second-order valence-corrected chi connectivity index (χ2v) is 16.7. The molecule has 2 aliphatic rings. The van der Waals surface area contributed by atoms with Gasteiger partial charge in [-0.1, -0.05) is 67.5 Å². The number of nitrogens with one attached hydrogen (secondary N) is 3. The van der Waals surface area contributed by atoms with Crippen LogP contribution in [0.15, 0.2) is 90.0 Å². The maximum Gasteiger partial charge on any atom is 0.242 e. The number of hydrogen-bond donors (Lipinski definition) is 6. The fourth-order valence-corrected chi connectivity index (χ4v) is 8.49. The van der Waals surface area contributed by atoms with E-state index in [9.17, 15) is 24.6 Å². The average Bonchev–Trinajstić information content (AvgIpc) is 3.76. The molecule has 6 atom stereocenters. The summed E-state index contributed by atoms with van der Waals surface area (Å²) in [5.74, 6) is 0.00584. The van der Waals surface area contributed by atoms with Crippen molar-refractivity contribution in [3.63, 3.8) is 0 Å². The zero-order chi connectivity index (χ0) is 43.0. The Bertz CT molecular complexity index is 2190. The number of allylic oxidation sites excluding steroid dienone is 4. The van der Waals surface area contributed by atoms with Crippen molar-refractivity contribution < 1.29 is 34.1 Å². The van der Waals surface area contributed by atoms with Gasteiger partial charge in [-0.2, -0.15) is 0 Å². The van der Waals surface area contributed by atoms with Crippen molar-refractivity contribution in [2.24, 2.45) is 11.3 Å². The first-order valence-electron chi connectivity index (χ1n) is 20.5. The van der Waals surface area contributed by atoms with Crippen LogP contribution in [0.3, 0.4) is 0 Å². The van der Waals surface area contributed by atoms with Gasteiger partial charge in [0.25, 0.3) is 0 Å². The van der Waals surface area contributed by atoms with Crippen LogP contribution in [0, 0.1) is 11.3 Å². The monoisotopic (exact) mass is 822 g/mol. The summed E-state index contributed by atoms with van der Waals surface area (Å²) in [6.45, 7) is 9.06. The van der Waals surface area contributed by atoms with Gasteiger partial charge < -0.3 is 41.4 Å². The summed E-state index contributed by atoms with van der Waals surface area (Å²) in [7, 11) is 1.61. The van der Waals surface area contributed by atoms with Crippen molar-refractivity contribution >= 4 is 34.6 Å². The van der Waals surface area contributed by atoms with Gasteiger partial charge in [0, 0.05) is 30.5 Å². The number of methoxy groups -OCH3 is 1. The smallest absolute Gasteiger partial charge is 0.242 e. The highest BCUT2D eigenvalue weighted by Gasteiger charge is 2.45. The van der Waals surface area contributed by atoms with Crippen LogP contribution in [0.25, 0.3) is 11.2 Å². The van der Waals surface area contributed by atoms with Crippen LogP contribution in [0.1, 0.15) is 77.2 Å². The lowest BCUT2D eigenvalue weighted by Gasteiger charge is -2.31. The molecule has 15 nitrogen and oxygen atoms in total. The number of hydrogen-bond acceptors (Lipinski definition) is 12. The van der Waals surface area contributed by atoms with Crippen LogP contribution in [-0.4, -0.2) is 91.9 Å². The summed E-state index contributed by atoms with van der Waals surface area (Å²) in [4.78, 5) is 53.6. The fourth-order valence-electron chi connectivity index (χ4n) is 8.49. The Labute approximate surface area is 350 Å². The van der Waals surface area contributed by atoms with Crippen molar-refractivity contribution in [3.05, 3.63) is 101 Å². The van der Waals surface area contributed by atoms with E-state index in [1.807, 2.05) is 82.3 Å². The molecule has 60 heavy (non-hydrogen) atoms. The number of imidazole rings is 1. The van der Waals surface area contributed by atoms with Crippen LogP contribution in [0.5, 0.6) is 5.75 Å². The second kappa shape index (κ2) is 19.7. The van der Waals surface area contributed by atoms with E-state index >= 15 is 0 Å². The molecule has 4 aromatic rings. The molecule has 0 saturated carbocycles. The fraction of sp³-hybridized carbons (Fsp3) is 0.467. The highest BCUT2D eigenvalue weighted by molar-refractivity contribution is 6.07. The molecule has 0 radical (unpaired) electrons. The van der Waals surface area contributed by atoms with Gasteiger partial charge in [0.1, 0.15) is 35.8 Å². The summed E-state index contributed by atoms with van der Waals surface area (Å²) < 4.78 is 13.2. The molecule has 6 rings (SSSR count). The molecule has 2 amide bonds. The zero-order valence-electron chi connectivity index (χ0n) is 35.1. The van der Waals surface area contributed by atoms with E-state index in [1.165, 1.54) is 12.7 Å². The van der Waals surface area contributed by atoms with Crippen molar-refractivity contribution in [1.82, 2.24) is 35.5 Å². The number of fused-ring (bicyclic) bond motifs is 1. The van der Waals surface area contributed by atoms with Crippen LogP contribution in [0.2, 0.25) is 0 Å². The minimum absolute atomic E-state index is 0.0108. The highest BCUT2D eigenvalue weighted by Crippen LogP contribution is 2.38. The predicted molar refractivity (Wildman–Crippen MR) is 227 cm³/mol. The second-order valence-electron chi connectivity index (χ2n) is 16.7. The SMILES string of the molecule is COc1ccc(CCNC(=O)[C@H](CC[C@H](CNCc2ccccc2)CC2OC(n3cnc4c(N)ncnc43)C(O)C2O)NC(=O)CC(C)(C)C2=C(C)CC(C)=CC2=O)cc1. The summed E-state index contributed by atoms with van der Waals surface area (Å²) in [6.07, 6.45) is 2.43. The number of nitrogen functional groups attached to an aromatic ring is 1. The number of aliphatic hydroxyl groups excluding tert-OH is 2. The van der Waals surface area contributed by atoms with Crippen molar-refractivity contribution in [2.45, 2.75) is 103 Å². The largest absolute Gasteiger partial charge is 0.497 e. The quantitative estimate of drug-likeness (QED) is 0.0789. The Kier molecular flexibility index (Phi) is 14.5. The van der Waals surface area contributed by atoms with E-state index in [-0.39, 0.29) is 42.2 Å². The molecule has 0 spiro atoms. The molecule has 15 heteroatoms. The van der Waals surface area contributed by atoms with Crippen LogP contribution in [0.4, 0.5) is 5.82 Å². The third-order valence-electron chi connectivity index (χ3n) is 11.4. The summed E-state index contributed by atoms with van der Waals surface area (Å²) >= 11 is 0. The summed E-state index contributed by atoms with van der Waals surface area (Å²) in [6, 6.07) is 16.7. The van der Waals surface area contributed by atoms with Gasteiger partial charge in [-0.25, -0.2) is 15.0 Å². The first-order valence-corrected chi connectivity index (χ1v) is 20.5. The minimum Gasteiger partial charge on any atom is -0.497 e. The van der Waals surface area contributed by atoms with E-state index < -0.39 is 36.0 Å². The van der Waals surface area contributed by atoms with E-state index in [0.717, 1.165) is 28.0 Å². The van der Waals surface area contributed by atoms with Crippen molar-refractivity contribution in [1.29, 1.82) is 0 Å². The normalized spacial score (nSPS) is 20.5. The lowest BCUT2D eigenvalue weighted by molar-refractivity contribution is -0.130. The summed E-state index contributed by atoms with van der Waals surface area (Å²) in [5, 5.41) is 32.1. The molecule has 0 bridgehead atoms. The molecule has 1 aliphatic heterocycles. The molecule has 320 valence electrons. The Balaban J connectivity index is 1.18. The number of carbonyl (C=O) groups excluding carboxylic acids is 3. The molecule has 1 aliphatic carbocycles. The third kappa shape index (κ3) is 10.8. The lowest BCUT2D eigenvalue weighted by atomic mass is 9.73. The number of rotatable bonds is 19. The van der Waals surface area contributed by atoms with Crippen LogP contribution in [-0.2, 0) is 32.1 Å². The number of ketones is 1. The molecule has 1 fully saturated rings. The topological polar surface area (TPSA) is 216 Å². The molecule has 2 aromatic carbocycles. The Morgan fingerprint density at radius 3 is 2.48 bits per heavy atom. The Hall–Kier alpha value is -5.48. The number of aliphatic hydroxyl groups is 2. The lowest BCUT2D eigenvalue weighted by Crippen LogP contribution is -2.48. The van der Waals surface area contributed by atoms with Crippen LogP contribution >= 0.6 is 0 Å². The molecule has 3 heterocycles. The Morgan fingerprint density at radius 1 is 1.02 bits per heavy atom. The number of nitrogens with two attached hydrogens (primary N) is 1. The molecule has 2 aromatic heterocycles. The zero-order valence-corrected chi connectivity index (χ0v) is 35.1. The maximum absolute atomic E-state index is 14.0. The van der Waals surface area contributed by atoms with Gasteiger partial charge in [-0.05, 0) is 87.7 Å². The van der Waals surface area contributed by atoms with Gasteiger partial charge >= 0.3 is 0 Å². The van der Waals surface area contributed by atoms with E-state index in [2.05, 4.69) is 30.9 Å². The minimum atomic E-state index is -1.29. The number of ether oxygens (including phenoxy) is 2. The number of amides is 2. The number of anilines is 1. The van der Waals surface area contributed by atoms with Crippen molar-refractivity contribution in [2.75, 3.05) is 25.9 Å². The van der Waals surface area contributed by atoms with Crippen LogP contribution < -0.4 is 26.4 Å². The van der Waals surface area contributed by atoms with Gasteiger partial charge in [0.05, 0.1) is 19.5 Å². The first-order chi connectivity index (χ1) is 28.7. The number of nitrogens with zero attached hydrogens (tertiary/aromatic N) is 4. The summed E-state index contributed by atoms with van der Waals surface area (Å²) in [5.41, 5.74) is 10.6. The predicted octanol–water partition coefficient (Wildman–Crippen LogP) is 4.11. The molecular weight excluding hydrogens is 765 g/mol. The molecule has 4 unspecified atom stereocenters. The van der Waals surface area contributed by atoms with Gasteiger partial charge in [0.15, 0.2) is 23.5 Å².